The van der Waals surface area contributed by atoms with Gasteiger partial charge in [-0.05, 0) is 43.2 Å². The van der Waals surface area contributed by atoms with E-state index in [0.717, 1.165) is 25.0 Å². The van der Waals surface area contributed by atoms with Gasteiger partial charge in [-0.3, -0.25) is 0 Å². The maximum absolute atomic E-state index is 13.2. The lowest BCUT2D eigenvalue weighted by molar-refractivity contribution is -0.139. The zero-order valence-electron chi connectivity index (χ0n) is 11.0. The first-order valence-electron chi connectivity index (χ1n) is 6.63. The summed E-state index contributed by atoms with van der Waals surface area (Å²) < 4.78 is 56.8. The summed E-state index contributed by atoms with van der Waals surface area (Å²) in [5, 5.41) is 3.25. The van der Waals surface area contributed by atoms with Gasteiger partial charge in [-0.2, -0.15) is 13.2 Å². The van der Waals surface area contributed by atoms with Crippen LogP contribution in [-0.4, -0.2) is 6.04 Å². The van der Waals surface area contributed by atoms with E-state index < -0.39 is 17.6 Å². The van der Waals surface area contributed by atoms with Gasteiger partial charge < -0.3 is 9.73 Å². The van der Waals surface area contributed by atoms with Crippen molar-refractivity contribution in [2.24, 2.45) is 0 Å². The highest BCUT2D eigenvalue weighted by molar-refractivity contribution is 5.59. The minimum atomic E-state index is -4.72. The van der Waals surface area contributed by atoms with Gasteiger partial charge in [-0.15, -0.1) is 0 Å². The quantitative estimate of drug-likeness (QED) is 0.849. The van der Waals surface area contributed by atoms with Gasteiger partial charge in [0.2, 0.25) is 0 Å². The molecule has 2 aromatic rings. The molecule has 0 bridgehead atoms. The van der Waals surface area contributed by atoms with E-state index in [1.54, 1.807) is 12.1 Å². The molecule has 1 N–H and O–H groups in total. The molecule has 2 nitrogen and oxygen atoms in total. The van der Waals surface area contributed by atoms with Crippen molar-refractivity contribution in [2.45, 2.75) is 31.6 Å². The maximum Gasteiger partial charge on any atom is 0.419 e. The van der Waals surface area contributed by atoms with E-state index in [4.69, 9.17) is 4.42 Å². The van der Waals surface area contributed by atoms with E-state index in [1.807, 2.05) is 0 Å². The Morgan fingerprint density at radius 1 is 1.14 bits per heavy atom. The lowest BCUT2D eigenvalue weighted by Gasteiger charge is -2.09. The molecule has 1 saturated carbocycles. The molecule has 0 unspecified atom stereocenters. The van der Waals surface area contributed by atoms with Crippen LogP contribution in [0, 0.1) is 5.82 Å². The highest BCUT2D eigenvalue weighted by Gasteiger charge is 2.34. The fraction of sp³-hybridized carbons (Fsp3) is 0.333. The number of benzene rings is 1. The third-order valence-electron chi connectivity index (χ3n) is 3.36. The SMILES string of the molecule is Fc1ccc(-c2ccc(CNC3CC3)o2)cc1C(F)(F)F. The molecular formula is C15H13F4NO. The van der Waals surface area contributed by atoms with Crippen molar-refractivity contribution < 1.29 is 22.0 Å². The minimum Gasteiger partial charge on any atom is -0.460 e. The van der Waals surface area contributed by atoms with Crippen LogP contribution in [-0.2, 0) is 12.7 Å². The van der Waals surface area contributed by atoms with Gasteiger partial charge in [0.15, 0.2) is 0 Å². The van der Waals surface area contributed by atoms with Crippen molar-refractivity contribution in [2.75, 3.05) is 0 Å². The monoisotopic (exact) mass is 299 g/mol. The van der Waals surface area contributed by atoms with Gasteiger partial charge in [-0.25, -0.2) is 4.39 Å². The average Bonchev–Trinajstić information content (AvgIpc) is 3.13. The van der Waals surface area contributed by atoms with Gasteiger partial charge in [0.1, 0.15) is 17.3 Å². The largest absolute Gasteiger partial charge is 0.460 e. The fourth-order valence-electron chi connectivity index (χ4n) is 2.06. The fourth-order valence-corrected chi connectivity index (χ4v) is 2.06. The second-order valence-electron chi connectivity index (χ2n) is 5.11. The Labute approximate surface area is 118 Å². The highest BCUT2D eigenvalue weighted by atomic mass is 19.4. The van der Waals surface area contributed by atoms with Crippen LogP contribution in [0.25, 0.3) is 11.3 Å². The predicted molar refractivity (Wildman–Crippen MR) is 69.0 cm³/mol. The smallest absolute Gasteiger partial charge is 0.419 e. The molecule has 1 fully saturated rings. The molecule has 1 aromatic carbocycles. The van der Waals surface area contributed by atoms with Crippen molar-refractivity contribution in [1.82, 2.24) is 5.32 Å². The van der Waals surface area contributed by atoms with Crippen LogP contribution in [0.4, 0.5) is 17.6 Å². The molecule has 1 aromatic heterocycles. The summed E-state index contributed by atoms with van der Waals surface area (Å²) in [7, 11) is 0. The summed E-state index contributed by atoms with van der Waals surface area (Å²) in [4.78, 5) is 0. The molecule has 0 saturated heterocycles. The molecule has 0 amide bonds. The summed E-state index contributed by atoms with van der Waals surface area (Å²) in [6.07, 6.45) is -2.44. The average molecular weight is 299 g/mol. The summed E-state index contributed by atoms with van der Waals surface area (Å²) >= 11 is 0. The summed E-state index contributed by atoms with van der Waals surface area (Å²) in [5.74, 6) is -0.337. The van der Waals surface area contributed by atoms with E-state index in [2.05, 4.69) is 5.32 Å². The van der Waals surface area contributed by atoms with Crippen LogP contribution < -0.4 is 5.32 Å². The van der Waals surface area contributed by atoms with Crippen LogP contribution in [0.3, 0.4) is 0 Å². The van der Waals surface area contributed by atoms with E-state index in [9.17, 15) is 17.6 Å². The first-order valence-corrected chi connectivity index (χ1v) is 6.63. The lowest BCUT2D eigenvalue weighted by atomic mass is 10.1. The van der Waals surface area contributed by atoms with Gasteiger partial charge in [-0.1, -0.05) is 0 Å². The Morgan fingerprint density at radius 2 is 1.90 bits per heavy atom. The molecule has 1 aliphatic rings. The van der Waals surface area contributed by atoms with E-state index in [1.165, 1.54) is 6.07 Å². The van der Waals surface area contributed by atoms with E-state index in [0.29, 0.717) is 24.1 Å². The zero-order valence-corrected chi connectivity index (χ0v) is 11.0. The van der Waals surface area contributed by atoms with Crippen LogP contribution in [0.5, 0.6) is 0 Å². The number of hydrogen-bond acceptors (Lipinski definition) is 2. The lowest BCUT2D eigenvalue weighted by Crippen LogP contribution is -2.14. The summed E-state index contributed by atoms with van der Waals surface area (Å²) in [6.45, 7) is 0.540. The van der Waals surface area contributed by atoms with Crippen LogP contribution in [0.15, 0.2) is 34.7 Å². The second-order valence-corrected chi connectivity index (χ2v) is 5.11. The van der Waals surface area contributed by atoms with Gasteiger partial charge in [0.25, 0.3) is 0 Å². The van der Waals surface area contributed by atoms with Gasteiger partial charge in [0, 0.05) is 11.6 Å². The number of furan rings is 1. The Bertz CT molecular complexity index is 643. The van der Waals surface area contributed by atoms with E-state index in [-0.39, 0.29) is 5.56 Å². The Hall–Kier alpha value is -1.82. The molecule has 112 valence electrons. The molecule has 0 aliphatic heterocycles. The summed E-state index contributed by atoms with van der Waals surface area (Å²) in [6, 6.07) is 6.68. The van der Waals surface area contributed by atoms with Crippen LogP contribution >= 0.6 is 0 Å². The molecule has 21 heavy (non-hydrogen) atoms. The first kappa shape index (κ1) is 14.1. The van der Waals surface area contributed by atoms with Gasteiger partial charge >= 0.3 is 6.18 Å². The minimum absolute atomic E-state index is 0.210. The molecule has 0 atom stereocenters. The van der Waals surface area contributed by atoms with Crippen molar-refractivity contribution in [3.63, 3.8) is 0 Å². The van der Waals surface area contributed by atoms with Crippen LogP contribution in [0.2, 0.25) is 0 Å². The number of nitrogens with one attached hydrogen (secondary N) is 1. The molecule has 0 radical (unpaired) electrons. The Morgan fingerprint density at radius 3 is 2.57 bits per heavy atom. The predicted octanol–water partition coefficient (Wildman–Crippen LogP) is 4.36. The third-order valence-corrected chi connectivity index (χ3v) is 3.36. The Balaban J connectivity index is 1.82. The van der Waals surface area contributed by atoms with Gasteiger partial charge in [0.05, 0.1) is 12.1 Å². The summed E-state index contributed by atoms with van der Waals surface area (Å²) in [5.41, 5.74) is -1.07. The molecule has 6 heteroatoms. The standard InChI is InChI=1S/C15H13F4NO/c16-13-5-1-9(7-12(13)15(17,18)19)14-6-4-11(21-14)8-20-10-2-3-10/h1,4-7,10,20H,2-3,8H2. The maximum atomic E-state index is 13.2. The first-order chi connectivity index (χ1) is 9.93. The van der Waals surface area contributed by atoms with Crippen molar-refractivity contribution in [1.29, 1.82) is 0 Å². The van der Waals surface area contributed by atoms with Crippen molar-refractivity contribution in [3.8, 4) is 11.3 Å². The molecular weight excluding hydrogens is 286 g/mol. The van der Waals surface area contributed by atoms with Crippen molar-refractivity contribution in [3.05, 3.63) is 47.5 Å². The number of alkyl halides is 3. The number of halogens is 4. The van der Waals surface area contributed by atoms with Crippen LogP contribution in [0.1, 0.15) is 24.2 Å². The topological polar surface area (TPSA) is 25.2 Å². The number of hydrogen-bond donors (Lipinski definition) is 1. The normalized spacial score (nSPS) is 15.4. The Kier molecular flexibility index (Phi) is 3.49. The molecule has 0 spiro atoms. The molecule has 1 heterocycles. The zero-order chi connectivity index (χ0) is 15.0. The number of rotatable bonds is 4. The molecule has 3 rings (SSSR count). The molecule has 1 aliphatic carbocycles. The third kappa shape index (κ3) is 3.26. The highest BCUT2D eigenvalue weighted by Crippen LogP contribution is 2.34. The second kappa shape index (κ2) is 5.18. The van der Waals surface area contributed by atoms with E-state index >= 15 is 0 Å². The van der Waals surface area contributed by atoms with Crippen molar-refractivity contribution >= 4 is 0 Å².